The van der Waals surface area contributed by atoms with Crippen molar-refractivity contribution in [2.75, 3.05) is 0 Å². The topological polar surface area (TPSA) is 104 Å². The Hall–Kier alpha value is -3.48. The van der Waals surface area contributed by atoms with Crippen molar-refractivity contribution in [2.45, 2.75) is 38.8 Å². The lowest BCUT2D eigenvalue weighted by Gasteiger charge is -2.28. The van der Waals surface area contributed by atoms with Gasteiger partial charge >= 0.3 is 5.97 Å². The lowest BCUT2D eigenvalue weighted by Crippen LogP contribution is -2.44. The maximum atomic E-state index is 12.8. The van der Waals surface area contributed by atoms with Crippen LogP contribution < -0.4 is 5.32 Å². The molecule has 0 aromatic heterocycles. The zero-order chi connectivity index (χ0) is 21.8. The molecule has 7 heteroatoms. The van der Waals surface area contributed by atoms with Crippen LogP contribution in [-0.4, -0.2) is 39.7 Å². The van der Waals surface area contributed by atoms with E-state index in [-0.39, 0.29) is 12.3 Å². The van der Waals surface area contributed by atoms with Crippen LogP contribution in [0.4, 0.5) is 0 Å². The molecule has 1 heterocycles. The zero-order valence-electron chi connectivity index (χ0n) is 16.9. The molecule has 1 aliphatic rings. The summed E-state index contributed by atoms with van der Waals surface area (Å²) in [6, 6.07) is 13.1. The lowest BCUT2D eigenvalue weighted by atomic mass is 9.98. The molecule has 0 aliphatic carbocycles. The molecular formula is C23H24N2O5. The van der Waals surface area contributed by atoms with Crippen LogP contribution in [0.3, 0.4) is 0 Å². The normalized spacial score (nSPS) is 15.1. The molecule has 0 spiro atoms. The summed E-state index contributed by atoms with van der Waals surface area (Å²) in [5.74, 6) is -2.44. The van der Waals surface area contributed by atoms with Gasteiger partial charge in [0.1, 0.15) is 0 Å². The average Bonchev–Trinajstić information content (AvgIpc) is 2.96. The van der Waals surface area contributed by atoms with Crippen molar-refractivity contribution in [3.8, 4) is 0 Å². The van der Waals surface area contributed by atoms with Crippen LogP contribution in [0.1, 0.15) is 59.0 Å². The van der Waals surface area contributed by atoms with Gasteiger partial charge in [0.25, 0.3) is 11.8 Å². The molecule has 2 aromatic rings. The second-order valence-electron chi connectivity index (χ2n) is 7.76. The maximum absolute atomic E-state index is 12.8. The van der Waals surface area contributed by atoms with Gasteiger partial charge in [-0.25, -0.2) is 4.79 Å². The van der Waals surface area contributed by atoms with Crippen molar-refractivity contribution >= 4 is 23.7 Å². The summed E-state index contributed by atoms with van der Waals surface area (Å²) in [5, 5.41) is 12.1. The number of hydrogen-bond acceptors (Lipinski definition) is 4. The van der Waals surface area contributed by atoms with Crippen LogP contribution in [0.5, 0.6) is 0 Å². The summed E-state index contributed by atoms with van der Waals surface area (Å²) < 4.78 is 0. The minimum atomic E-state index is -1.21. The largest absolute Gasteiger partial charge is 0.479 e. The molecule has 0 fully saturated rings. The summed E-state index contributed by atoms with van der Waals surface area (Å²) in [5.41, 5.74) is 1.09. The quantitative estimate of drug-likeness (QED) is 0.654. The Morgan fingerprint density at radius 2 is 1.47 bits per heavy atom. The van der Waals surface area contributed by atoms with Crippen molar-refractivity contribution in [1.82, 2.24) is 10.2 Å². The first-order valence-electron chi connectivity index (χ1n) is 9.83. The fourth-order valence-electron chi connectivity index (χ4n) is 3.73. The van der Waals surface area contributed by atoms with Crippen molar-refractivity contribution in [1.29, 1.82) is 0 Å². The number of carboxylic acids is 1. The number of carboxylic acid groups (broad SMARTS) is 1. The standard InChI is InChI=1S/C23H24N2O5/c1-14(2)12-16(25-21(27)17-10-6-7-11-18(17)22(25)28)13-19(26)24-20(23(29)30)15-8-4-3-5-9-15/h3-11,14,16,20H,12-13H2,1-2H3,(H,24,26)(H,29,30)/t16-,20+/m0/s1. The van der Waals surface area contributed by atoms with Crippen LogP contribution >= 0.6 is 0 Å². The lowest BCUT2D eigenvalue weighted by molar-refractivity contribution is -0.142. The molecule has 0 bridgehead atoms. The Kier molecular flexibility index (Phi) is 6.30. The van der Waals surface area contributed by atoms with Gasteiger partial charge < -0.3 is 10.4 Å². The molecule has 0 radical (unpaired) electrons. The highest BCUT2D eigenvalue weighted by Gasteiger charge is 2.40. The molecule has 3 amide bonds. The number of aliphatic carboxylic acids is 1. The third kappa shape index (κ3) is 4.40. The van der Waals surface area contributed by atoms with E-state index in [0.29, 0.717) is 23.1 Å². The number of carbonyl (C=O) groups excluding carboxylic acids is 3. The van der Waals surface area contributed by atoms with Gasteiger partial charge in [-0.1, -0.05) is 56.3 Å². The fraction of sp³-hybridized carbons (Fsp3) is 0.304. The molecule has 30 heavy (non-hydrogen) atoms. The third-order valence-corrected chi connectivity index (χ3v) is 5.04. The smallest absolute Gasteiger partial charge is 0.330 e. The molecular weight excluding hydrogens is 384 g/mol. The van der Waals surface area contributed by atoms with E-state index < -0.39 is 35.8 Å². The van der Waals surface area contributed by atoms with Crippen LogP contribution in [0.2, 0.25) is 0 Å². The second-order valence-corrected chi connectivity index (χ2v) is 7.76. The summed E-state index contributed by atoms with van der Waals surface area (Å²) in [6.07, 6.45) is 0.266. The number of nitrogens with one attached hydrogen (secondary N) is 1. The number of nitrogens with zero attached hydrogens (tertiary/aromatic N) is 1. The molecule has 3 rings (SSSR count). The molecule has 2 aromatic carbocycles. The van der Waals surface area contributed by atoms with Crippen LogP contribution in [-0.2, 0) is 9.59 Å². The van der Waals surface area contributed by atoms with E-state index in [1.165, 1.54) is 0 Å². The van der Waals surface area contributed by atoms with Gasteiger partial charge in [-0.2, -0.15) is 0 Å². The highest BCUT2D eigenvalue weighted by atomic mass is 16.4. The van der Waals surface area contributed by atoms with E-state index in [0.717, 1.165) is 4.90 Å². The number of imide groups is 1. The SMILES string of the molecule is CC(C)C[C@@H](CC(=O)N[C@@H](C(=O)O)c1ccccc1)N1C(=O)c2ccccc2C1=O. The number of benzene rings is 2. The van der Waals surface area contributed by atoms with E-state index in [4.69, 9.17) is 0 Å². The summed E-state index contributed by atoms with van der Waals surface area (Å²) >= 11 is 0. The minimum absolute atomic E-state index is 0.122. The Balaban J connectivity index is 1.80. The van der Waals surface area contributed by atoms with Gasteiger partial charge in [-0.15, -0.1) is 0 Å². The predicted molar refractivity (Wildman–Crippen MR) is 110 cm³/mol. The van der Waals surface area contributed by atoms with Crippen molar-refractivity contribution in [3.05, 3.63) is 71.3 Å². The van der Waals surface area contributed by atoms with E-state index in [1.807, 2.05) is 13.8 Å². The summed E-state index contributed by atoms with van der Waals surface area (Å²) in [4.78, 5) is 51.2. The maximum Gasteiger partial charge on any atom is 0.330 e. The number of amides is 3. The number of hydrogen-bond donors (Lipinski definition) is 2. The Bertz CT molecular complexity index is 936. The minimum Gasteiger partial charge on any atom is -0.479 e. The van der Waals surface area contributed by atoms with Gasteiger partial charge in [0.15, 0.2) is 6.04 Å². The van der Waals surface area contributed by atoms with Crippen molar-refractivity contribution in [2.24, 2.45) is 5.92 Å². The van der Waals surface area contributed by atoms with Gasteiger partial charge in [0, 0.05) is 12.5 Å². The average molecular weight is 408 g/mol. The predicted octanol–water partition coefficient (Wildman–Crippen LogP) is 3.03. The Labute approximate surface area is 174 Å². The second kappa shape index (κ2) is 8.90. The molecule has 0 saturated carbocycles. The molecule has 7 nitrogen and oxygen atoms in total. The highest BCUT2D eigenvalue weighted by molar-refractivity contribution is 6.21. The van der Waals surface area contributed by atoms with Gasteiger partial charge in [0.2, 0.25) is 5.91 Å². The van der Waals surface area contributed by atoms with Crippen LogP contribution in [0.25, 0.3) is 0 Å². The van der Waals surface area contributed by atoms with Gasteiger partial charge in [-0.3, -0.25) is 19.3 Å². The molecule has 2 atom stereocenters. The van der Waals surface area contributed by atoms with Crippen LogP contribution in [0.15, 0.2) is 54.6 Å². The first kappa shape index (κ1) is 21.2. The summed E-state index contributed by atoms with van der Waals surface area (Å²) in [7, 11) is 0. The van der Waals surface area contributed by atoms with Crippen molar-refractivity contribution < 1.29 is 24.3 Å². The number of fused-ring (bicyclic) bond motifs is 1. The Morgan fingerprint density at radius 1 is 0.933 bits per heavy atom. The Morgan fingerprint density at radius 3 is 1.97 bits per heavy atom. The first-order chi connectivity index (χ1) is 14.3. The monoisotopic (exact) mass is 408 g/mol. The first-order valence-corrected chi connectivity index (χ1v) is 9.83. The van der Waals surface area contributed by atoms with Crippen molar-refractivity contribution in [3.63, 3.8) is 0 Å². The molecule has 0 saturated heterocycles. The zero-order valence-corrected chi connectivity index (χ0v) is 16.9. The van der Waals surface area contributed by atoms with Gasteiger partial charge in [0.05, 0.1) is 11.1 Å². The fourth-order valence-corrected chi connectivity index (χ4v) is 3.73. The van der Waals surface area contributed by atoms with E-state index in [2.05, 4.69) is 5.32 Å². The van der Waals surface area contributed by atoms with Crippen LogP contribution in [0, 0.1) is 5.92 Å². The summed E-state index contributed by atoms with van der Waals surface area (Å²) in [6.45, 7) is 3.88. The van der Waals surface area contributed by atoms with E-state index in [9.17, 15) is 24.3 Å². The number of rotatable bonds is 8. The highest BCUT2D eigenvalue weighted by Crippen LogP contribution is 2.28. The molecule has 0 unspecified atom stereocenters. The third-order valence-electron chi connectivity index (χ3n) is 5.04. The molecule has 2 N–H and O–H groups in total. The molecule has 1 aliphatic heterocycles. The van der Waals surface area contributed by atoms with Gasteiger partial charge in [-0.05, 0) is 30.0 Å². The molecule has 156 valence electrons. The number of carbonyl (C=O) groups is 4. The van der Waals surface area contributed by atoms with E-state index in [1.54, 1.807) is 54.6 Å². The van der Waals surface area contributed by atoms with E-state index >= 15 is 0 Å².